The summed E-state index contributed by atoms with van der Waals surface area (Å²) in [5, 5.41) is 14.8. The molecule has 0 saturated carbocycles. The molecule has 0 amide bonds. The van der Waals surface area contributed by atoms with E-state index in [9.17, 15) is 23.1 Å². The van der Waals surface area contributed by atoms with Gasteiger partial charge in [0.05, 0.1) is 23.3 Å². The predicted molar refractivity (Wildman–Crippen MR) is 128 cm³/mol. The van der Waals surface area contributed by atoms with Gasteiger partial charge in [0.1, 0.15) is 11.8 Å². The molecule has 0 bridgehead atoms. The van der Waals surface area contributed by atoms with E-state index in [1.54, 1.807) is 31.2 Å². The van der Waals surface area contributed by atoms with E-state index in [0.717, 1.165) is 11.1 Å². The zero-order chi connectivity index (χ0) is 25.8. The van der Waals surface area contributed by atoms with Gasteiger partial charge in [0.15, 0.2) is 0 Å². The van der Waals surface area contributed by atoms with Crippen LogP contribution in [0.1, 0.15) is 42.0 Å². The molecule has 1 aliphatic rings. The number of carbonyl (C=O) groups excluding carboxylic acids is 1. The Kier molecular flexibility index (Phi) is 8.35. The number of hydrazine groups is 1. The predicted octanol–water partition coefficient (Wildman–Crippen LogP) is 1.33. The zero-order valence-electron chi connectivity index (χ0n) is 19.4. The van der Waals surface area contributed by atoms with Crippen LogP contribution < -0.4 is 11.7 Å². The standard InChI is InChI=1S/C23H29N5O6S/c1-15-5-3-4-6-22(15)35(32,33)28(25)21(23(30)31)12-18(29)11-19-13-20(27(2)34-19)17-9-7-16(8-10-17)14-26-24/h3-10,14,19-21H,11-13,24-25H2,1-2H3,(H,30,31)/t19-,20-,21+/m1/s1. The number of benzene rings is 2. The van der Waals surface area contributed by atoms with E-state index in [1.165, 1.54) is 18.3 Å². The number of nitrogens with two attached hydrogens (primary N) is 2. The summed E-state index contributed by atoms with van der Waals surface area (Å²) in [5.74, 6) is 8.95. The van der Waals surface area contributed by atoms with Crippen LogP contribution >= 0.6 is 0 Å². The molecule has 2 aromatic rings. The number of hydrogen-bond donors (Lipinski definition) is 3. The van der Waals surface area contributed by atoms with Crippen molar-refractivity contribution in [1.29, 1.82) is 0 Å². The summed E-state index contributed by atoms with van der Waals surface area (Å²) >= 11 is 0. The van der Waals surface area contributed by atoms with Gasteiger partial charge in [-0.15, -0.1) is 4.41 Å². The first-order valence-electron chi connectivity index (χ1n) is 10.9. The lowest BCUT2D eigenvalue weighted by Crippen LogP contribution is -2.50. The van der Waals surface area contributed by atoms with Gasteiger partial charge in [-0.2, -0.15) is 10.2 Å². The van der Waals surface area contributed by atoms with Crippen LogP contribution in [0.3, 0.4) is 0 Å². The molecule has 0 spiro atoms. The lowest BCUT2D eigenvalue weighted by Gasteiger charge is -2.24. The van der Waals surface area contributed by atoms with Crippen LogP contribution in [0.25, 0.3) is 0 Å². The molecule has 0 aromatic heterocycles. The number of nitrogens with zero attached hydrogens (tertiary/aromatic N) is 3. The molecule has 0 unspecified atom stereocenters. The summed E-state index contributed by atoms with van der Waals surface area (Å²) in [6.45, 7) is 1.57. The molecular weight excluding hydrogens is 474 g/mol. The molecule has 3 rings (SSSR count). The van der Waals surface area contributed by atoms with Gasteiger partial charge >= 0.3 is 5.97 Å². The van der Waals surface area contributed by atoms with E-state index in [0.29, 0.717) is 12.0 Å². The number of ketones is 1. The Morgan fingerprint density at radius 3 is 2.51 bits per heavy atom. The average Bonchev–Trinajstić information content (AvgIpc) is 3.17. The van der Waals surface area contributed by atoms with E-state index in [4.69, 9.17) is 16.5 Å². The monoisotopic (exact) mass is 503 g/mol. The average molecular weight is 504 g/mol. The normalized spacial score (nSPS) is 19.9. The summed E-state index contributed by atoms with van der Waals surface area (Å²) in [6.07, 6.45) is 0.868. The van der Waals surface area contributed by atoms with Crippen molar-refractivity contribution in [2.24, 2.45) is 16.8 Å². The molecule has 35 heavy (non-hydrogen) atoms. The van der Waals surface area contributed by atoms with E-state index in [1.807, 2.05) is 24.3 Å². The maximum absolute atomic E-state index is 12.9. The smallest absolute Gasteiger partial charge is 0.324 e. The lowest BCUT2D eigenvalue weighted by molar-refractivity contribution is -0.153. The number of aliphatic carboxylic acids is 1. The Balaban J connectivity index is 1.67. The van der Waals surface area contributed by atoms with Crippen LogP contribution in [0.2, 0.25) is 0 Å². The summed E-state index contributed by atoms with van der Waals surface area (Å²) < 4.78 is 26.1. The minimum atomic E-state index is -4.33. The summed E-state index contributed by atoms with van der Waals surface area (Å²) in [4.78, 5) is 30.3. The quantitative estimate of drug-likeness (QED) is 0.246. The Hall–Kier alpha value is -3.16. The summed E-state index contributed by atoms with van der Waals surface area (Å²) in [5.41, 5.74) is 2.23. The fraction of sp³-hybridized carbons (Fsp3) is 0.348. The SMILES string of the molecule is Cc1ccccc1S(=O)(=O)N(N)[C@@H](CC(=O)C[C@@H]1C[C@H](c2ccc(C=NN)cc2)N(C)O1)C(=O)O. The number of hydroxylamine groups is 2. The lowest BCUT2D eigenvalue weighted by atomic mass is 9.97. The Labute approximate surface area is 203 Å². The van der Waals surface area contributed by atoms with Crippen LogP contribution in [0.5, 0.6) is 0 Å². The molecule has 1 heterocycles. The van der Waals surface area contributed by atoms with Crippen LogP contribution in [-0.4, -0.2) is 60.2 Å². The zero-order valence-corrected chi connectivity index (χ0v) is 20.3. The van der Waals surface area contributed by atoms with Crippen LogP contribution in [0.15, 0.2) is 58.5 Å². The van der Waals surface area contributed by atoms with Crippen molar-refractivity contribution in [2.45, 2.75) is 49.3 Å². The van der Waals surface area contributed by atoms with Gasteiger partial charge in [0.2, 0.25) is 0 Å². The van der Waals surface area contributed by atoms with Crippen molar-refractivity contribution in [2.75, 3.05) is 7.05 Å². The van der Waals surface area contributed by atoms with Crippen molar-refractivity contribution in [3.63, 3.8) is 0 Å². The Morgan fingerprint density at radius 1 is 1.26 bits per heavy atom. The van der Waals surface area contributed by atoms with Crippen molar-refractivity contribution >= 4 is 28.0 Å². The van der Waals surface area contributed by atoms with Gasteiger partial charge in [-0.3, -0.25) is 20.3 Å². The van der Waals surface area contributed by atoms with Gasteiger partial charge in [-0.05, 0) is 36.1 Å². The maximum Gasteiger partial charge on any atom is 0.324 e. The number of carbonyl (C=O) groups is 2. The molecule has 5 N–H and O–H groups in total. The van der Waals surface area contributed by atoms with E-state index >= 15 is 0 Å². The highest BCUT2D eigenvalue weighted by Gasteiger charge is 2.38. The summed E-state index contributed by atoms with van der Waals surface area (Å²) in [6, 6.07) is 11.8. The number of Topliss-reactive ketones (excluding diaryl/α,β-unsaturated/α-hetero) is 1. The molecule has 3 atom stereocenters. The van der Waals surface area contributed by atoms with Crippen molar-refractivity contribution in [3.05, 3.63) is 65.2 Å². The van der Waals surface area contributed by atoms with Gasteiger partial charge in [0, 0.05) is 19.9 Å². The third-order valence-electron chi connectivity index (χ3n) is 5.90. The highest BCUT2D eigenvalue weighted by molar-refractivity contribution is 7.89. The van der Waals surface area contributed by atoms with E-state index in [-0.39, 0.29) is 21.8 Å². The molecule has 0 aliphatic carbocycles. The number of hydrogen-bond acceptors (Lipinski definition) is 9. The van der Waals surface area contributed by atoms with Crippen LogP contribution in [0.4, 0.5) is 0 Å². The third kappa shape index (κ3) is 6.10. The number of aryl methyl sites for hydroxylation is 1. The van der Waals surface area contributed by atoms with Gasteiger partial charge in [-0.1, -0.05) is 42.5 Å². The van der Waals surface area contributed by atoms with E-state index < -0.39 is 40.3 Å². The molecule has 11 nitrogen and oxygen atoms in total. The molecule has 12 heteroatoms. The Bertz CT molecular complexity index is 1200. The first-order valence-corrected chi connectivity index (χ1v) is 12.3. The third-order valence-corrected chi connectivity index (χ3v) is 7.73. The molecule has 1 fully saturated rings. The molecule has 1 aliphatic heterocycles. The molecule has 0 radical (unpaired) electrons. The largest absolute Gasteiger partial charge is 0.480 e. The molecule has 2 aromatic carbocycles. The van der Waals surface area contributed by atoms with E-state index in [2.05, 4.69) is 5.10 Å². The second-order valence-electron chi connectivity index (χ2n) is 8.37. The first kappa shape index (κ1) is 26.4. The molecule has 188 valence electrons. The number of hydrazone groups is 1. The van der Waals surface area contributed by atoms with Gasteiger partial charge in [0.25, 0.3) is 10.0 Å². The van der Waals surface area contributed by atoms with Gasteiger partial charge in [-0.25, -0.2) is 8.42 Å². The maximum atomic E-state index is 12.9. The number of carboxylic acids is 1. The number of rotatable bonds is 10. The first-order chi connectivity index (χ1) is 16.5. The number of sulfonamides is 1. The van der Waals surface area contributed by atoms with Crippen LogP contribution in [0, 0.1) is 6.92 Å². The Morgan fingerprint density at radius 2 is 1.91 bits per heavy atom. The van der Waals surface area contributed by atoms with Gasteiger partial charge < -0.3 is 10.9 Å². The molecule has 1 saturated heterocycles. The van der Waals surface area contributed by atoms with Crippen molar-refractivity contribution < 1.29 is 28.0 Å². The fourth-order valence-electron chi connectivity index (χ4n) is 4.07. The fourth-order valence-corrected chi connectivity index (χ4v) is 5.52. The second-order valence-corrected chi connectivity index (χ2v) is 10.2. The second kappa shape index (κ2) is 11.1. The highest BCUT2D eigenvalue weighted by Crippen LogP contribution is 2.34. The highest BCUT2D eigenvalue weighted by atomic mass is 32.2. The minimum Gasteiger partial charge on any atom is -0.480 e. The minimum absolute atomic E-state index is 0.0826. The number of carboxylic acid groups (broad SMARTS) is 1. The molecular formula is C23H29N5O6S. The topological polar surface area (TPSA) is 169 Å². The van der Waals surface area contributed by atoms with Crippen LogP contribution in [-0.2, 0) is 24.4 Å². The summed E-state index contributed by atoms with van der Waals surface area (Å²) in [7, 11) is -2.58. The van der Waals surface area contributed by atoms with Crippen molar-refractivity contribution in [3.8, 4) is 0 Å². The van der Waals surface area contributed by atoms with Crippen molar-refractivity contribution in [1.82, 2.24) is 9.48 Å².